The van der Waals surface area contributed by atoms with Gasteiger partial charge < -0.3 is 15.2 Å². The Balaban J connectivity index is 2.50. The van der Waals surface area contributed by atoms with Gasteiger partial charge in [-0.15, -0.1) is 0 Å². The number of ether oxygens (including phenoxy) is 1. The van der Waals surface area contributed by atoms with Crippen LogP contribution >= 0.6 is 0 Å². The lowest BCUT2D eigenvalue weighted by Crippen LogP contribution is -2.49. The molecule has 0 aromatic rings. The van der Waals surface area contributed by atoms with Gasteiger partial charge in [0.2, 0.25) is 0 Å². The molecule has 0 saturated heterocycles. The Labute approximate surface area is 128 Å². The first-order valence-electron chi connectivity index (χ1n) is 7.32. The molecule has 5 nitrogen and oxygen atoms in total. The molecule has 0 radical (unpaired) electrons. The molecule has 1 amide bonds. The van der Waals surface area contributed by atoms with Gasteiger partial charge in [0.25, 0.3) is 0 Å². The highest BCUT2D eigenvalue weighted by Crippen LogP contribution is 2.35. The molecule has 0 aromatic carbocycles. The number of hydrogen-bond acceptors (Lipinski definition) is 4. The number of likely N-dealkylation sites (N-methyl/N-ethyl adjacent to an activating group) is 1. The lowest BCUT2D eigenvalue weighted by molar-refractivity contribution is -0.208. The SMILES string of the molecule is CN(C[C@H](O)C(F)(F)F)[C@H](CNC(=O)OC(C)(C)C)C1CC1. The zero-order valence-electron chi connectivity index (χ0n) is 13.4. The predicted octanol–water partition coefficient (Wildman–Crippen LogP) is 2.14. The van der Waals surface area contributed by atoms with Crippen molar-refractivity contribution in [2.75, 3.05) is 20.1 Å². The lowest BCUT2D eigenvalue weighted by atomic mass is 10.1. The Morgan fingerprint density at radius 2 is 1.91 bits per heavy atom. The van der Waals surface area contributed by atoms with Crippen molar-refractivity contribution in [3.63, 3.8) is 0 Å². The molecule has 0 bridgehead atoms. The van der Waals surface area contributed by atoms with E-state index in [4.69, 9.17) is 9.84 Å². The van der Waals surface area contributed by atoms with E-state index < -0.39 is 30.5 Å². The second-order valence-corrected chi connectivity index (χ2v) is 6.78. The number of amides is 1. The smallest absolute Gasteiger partial charge is 0.415 e. The average molecular weight is 326 g/mol. The van der Waals surface area contributed by atoms with Crippen LogP contribution in [0.1, 0.15) is 33.6 Å². The highest BCUT2D eigenvalue weighted by molar-refractivity contribution is 5.67. The maximum atomic E-state index is 12.4. The molecule has 0 unspecified atom stereocenters. The number of alkyl carbamates (subject to hydrolysis) is 1. The van der Waals surface area contributed by atoms with Crippen molar-refractivity contribution < 1.29 is 27.8 Å². The quantitative estimate of drug-likeness (QED) is 0.785. The molecule has 1 fully saturated rings. The normalized spacial score (nSPS) is 19.0. The molecular formula is C14H25F3N2O3. The van der Waals surface area contributed by atoms with Crippen molar-refractivity contribution in [2.24, 2.45) is 5.92 Å². The van der Waals surface area contributed by atoms with Gasteiger partial charge in [0.15, 0.2) is 6.10 Å². The molecule has 1 saturated carbocycles. The summed E-state index contributed by atoms with van der Waals surface area (Å²) in [6.45, 7) is 4.88. The molecule has 0 aliphatic heterocycles. The van der Waals surface area contributed by atoms with E-state index in [1.807, 2.05) is 0 Å². The van der Waals surface area contributed by atoms with Crippen molar-refractivity contribution in [1.29, 1.82) is 0 Å². The van der Waals surface area contributed by atoms with Crippen LogP contribution in [0.25, 0.3) is 0 Å². The Kier molecular flexibility index (Phi) is 6.09. The third-order valence-electron chi connectivity index (χ3n) is 3.43. The van der Waals surface area contributed by atoms with Gasteiger partial charge in [0.1, 0.15) is 5.60 Å². The summed E-state index contributed by atoms with van der Waals surface area (Å²) in [4.78, 5) is 13.1. The fraction of sp³-hybridized carbons (Fsp3) is 0.929. The minimum absolute atomic E-state index is 0.195. The van der Waals surface area contributed by atoms with Crippen molar-refractivity contribution in [3.05, 3.63) is 0 Å². The van der Waals surface area contributed by atoms with Gasteiger partial charge in [-0.1, -0.05) is 0 Å². The molecule has 1 aliphatic carbocycles. The molecule has 2 atom stereocenters. The Morgan fingerprint density at radius 3 is 2.32 bits per heavy atom. The standard InChI is InChI=1S/C14H25F3N2O3/c1-13(2,3)22-12(21)18-7-10(9-5-6-9)19(4)8-11(20)14(15,16)17/h9-11,20H,5-8H2,1-4H3,(H,18,21)/t10-,11+/m1/s1. The summed E-state index contributed by atoms with van der Waals surface area (Å²) in [6.07, 6.45) is -5.80. The van der Waals surface area contributed by atoms with Crippen molar-refractivity contribution in [2.45, 2.75) is 57.5 Å². The highest BCUT2D eigenvalue weighted by atomic mass is 19.4. The molecule has 130 valence electrons. The highest BCUT2D eigenvalue weighted by Gasteiger charge is 2.41. The van der Waals surface area contributed by atoms with Gasteiger partial charge >= 0.3 is 12.3 Å². The number of aliphatic hydroxyl groups is 1. The van der Waals surface area contributed by atoms with Crippen LogP contribution in [0.4, 0.5) is 18.0 Å². The summed E-state index contributed by atoms with van der Waals surface area (Å²) in [5.41, 5.74) is -0.627. The minimum atomic E-state index is -4.64. The number of nitrogens with one attached hydrogen (secondary N) is 1. The van der Waals surface area contributed by atoms with Crippen LogP contribution < -0.4 is 5.32 Å². The molecule has 22 heavy (non-hydrogen) atoms. The summed E-state index contributed by atoms with van der Waals surface area (Å²) in [5.74, 6) is 0.236. The summed E-state index contributed by atoms with van der Waals surface area (Å²) in [5, 5.41) is 11.7. The first-order valence-corrected chi connectivity index (χ1v) is 7.32. The van der Waals surface area contributed by atoms with E-state index in [0.29, 0.717) is 0 Å². The average Bonchev–Trinajstić information content (AvgIpc) is 3.09. The van der Waals surface area contributed by atoms with Gasteiger partial charge in [-0.2, -0.15) is 13.2 Å². The molecule has 1 aliphatic rings. The van der Waals surface area contributed by atoms with E-state index in [-0.39, 0.29) is 18.5 Å². The second kappa shape index (κ2) is 7.04. The molecule has 0 heterocycles. The monoisotopic (exact) mass is 326 g/mol. The molecule has 1 rings (SSSR count). The number of halogens is 3. The number of rotatable bonds is 6. The van der Waals surface area contributed by atoms with Crippen molar-refractivity contribution in [1.82, 2.24) is 10.2 Å². The van der Waals surface area contributed by atoms with Crippen LogP contribution in [0.2, 0.25) is 0 Å². The number of carbonyl (C=O) groups excluding carboxylic acids is 1. The van der Waals surface area contributed by atoms with Gasteiger partial charge in [-0.3, -0.25) is 4.90 Å². The van der Waals surface area contributed by atoms with Gasteiger partial charge in [-0.05, 0) is 46.6 Å². The largest absolute Gasteiger partial charge is 0.444 e. The summed E-state index contributed by atoms with van der Waals surface area (Å²) in [7, 11) is 1.52. The van der Waals surface area contributed by atoms with Crippen LogP contribution in [0, 0.1) is 5.92 Å². The van der Waals surface area contributed by atoms with Crippen molar-refractivity contribution in [3.8, 4) is 0 Å². The maximum Gasteiger partial charge on any atom is 0.415 e. The Hall–Kier alpha value is -1.02. The van der Waals surface area contributed by atoms with Crippen LogP contribution in [-0.2, 0) is 4.74 Å². The van der Waals surface area contributed by atoms with Gasteiger partial charge in [-0.25, -0.2) is 4.79 Å². The number of carbonyl (C=O) groups is 1. The zero-order chi connectivity index (χ0) is 17.1. The second-order valence-electron chi connectivity index (χ2n) is 6.78. The fourth-order valence-electron chi connectivity index (χ4n) is 2.18. The molecule has 0 spiro atoms. The maximum absolute atomic E-state index is 12.4. The summed E-state index contributed by atoms with van der Waals surface area (Å²) < 4.78 is 42.4. The number of hydrogen-bond donors (Lipinski definition) is 2. The van der Waals surface area contributed by atoms with E-state index in [1.54, 1.807) is 20.8 Å². The summed E-state index contributed by atoms with van der Waals surface area (Å²) >= 11 is 0. The van der Waals surface area contributed by atoms with Crippen LogP contribution in [-0.4, -0.2) is 60.2 Å². The van der Waals surface area contributed by atoms with E-state index in [1.165, 1.54) is 11.9 Å². The number of alkyl halides is 3. The Bertz CT molecular complexity index is 379. The third-order valence-corrected chi connectivity index (χ3v) is 3.43. The molecular weight excluding hydrogens is 301 g/mol. The van der Waals surface area contributed by atoms with Crippen LogP contribution in [0.15, 0.2) is 0 Å². The molecule has 0 aromatic heterocycles. The van der Waals surface area contributed by atoms with Crippen LogP contribution in [0.3, 0.4) is 0 Å². The lowest BCUT2D eigenvalue weighted by Gasteiger charge is -2.31. The van der Waals surface area contributed by atoms with Gasteiger partial charge in [0.05, 0.1) is 0 Å². The third kappa shape index (κ3) is 6.83. The first-order chi connectivity index (χ1) is 9.90. The first kappa shape index (κ1) is 19.0. The van der Waals surface area contributed by atoms with Crippen molar-refractivity contribution >= 4 is 6.09 Å². The van der Waals surface area contributed by atoms with Crippen LogP contribution in [0.5, 0.6) is 0 Å². The van der Waals surface area contributed by atoms with E-state index in [2.05, 4.69) is 5.32 Å². The zero-order valence-corrected chi connectivity index (χ0v) is 13.4. The summed E-state index contributed by atoms with van der Waals surface area (Å²) in [6, 6.07) is -0.246. The predicted molar refractivity (Wildman–Crippen MR) is 75.4 cm³/mol. The van der Waals surface area contributed by atoms with Gasteiger partial charge in [0, 0.05) is 19.1 Å². The van der Waals surface area contributed by atoms with E-state index in [0.717, 1.165) is 12.8 Å². The Morgan fingerprint density at radius 1 is 1.36 bits per heavy atom. The number of nitrogens with zero attached hydrogens (tertiary/aromatic N) is 1. The number of aliphatic hydroxyl groups excluding tert-OH is 1. The van der Waals surface area contributed by atoms with E-state index in [9.17, 15) is 18.0 Å². The topological polar surface area (TPSA) is 61.8 Å². The molecule has 2 N–H and O–H groups in total. The molecule has 8 heteroatoms. The fourth-order valence-corrected chi connectivity index (χ4v) is 2.18. The van der Waals surface area contributed by atoms with E-state index >= 15 is 0 Å². The minimum Gasteiger partial charge on any atom is -0.444 e.